The van der Waals surface area contributed by atoms with E-state index >= 15 is 0 Å². The topological polar surface area (TPSA) is 72.3 Å². The summed E-state index contributed by atoms with van der Waals surface area (Å²) in [6, 6.07) is 9.69. The lowest BCUT2D eigenvalue weighted by Gasteiger charge is -2.24. The Labute approximate surface area is 134 Å². The molecule has 2 amide bonds. The molecule has 1 aromatic heterocycles. The van der Waals surface area contributed by atoms with Crippen molar-refractivity contribution in [3.05, 3.63) is 36.7 Å². The number of amides is 2. The fraction of sp³-hybridized carbons (Fsp3) is 0.353. The summed E-state index contributed by atoms with van der Waals surface area (Å²) in [7, 11) is 0. The third-order valence-electron chi connectivity index (χ3n) is 4.66. The molecule has 1 N–H and O–H groups in total. The number of anilines is 1. The van der Waals surface area contributed by atoms with Gasteiger partial charge in [-0.3, -0.25) is 9.88 Å². The Hall–Kier alpha value is -2.65. The number of hydrogen-bond donors (Lipinski definition) is 1. The number of nitrogens with zero attached hydrogens (tertiary/aromatic N) is 4. The van der Waals surface area contributed by atoms with Gasteiger partial charge in [-0.15, -0.1) is 0 Å². The van der Waals surface area contributed by atoms with Gasteiger partial charge in [0.2, 0.25) is 0 Å². The van der Waals surface area contributed by atoms with Crippen molar-refractivity contribution >= 4 is 22.5 Å². The quantitative estimate of drug-likeness (QED) is 0.917. The van der Waals surface area contributed by atoms with E-state index in [1.54, 1.807) is 17.3 Å². The second kappa shape index (κ2) is 5.52. The number of fused-ring (bicyclic) bond motifs is 1. The molecule has 2 aliphatic heterocycles. The Balaban J connectivity index is 1.77. The monoisotopic (exact) mass is 307 g/mol. The summed E-state index contributed by atoms with van der Waals surface area (Å²) < 4.78 is 0. The van der Waals surface area contributed by atoms with Gasteiger partial charge in [0.1, 0.15) is 6.04 Å². The summed E-state index contributed by atoms with van der Waals surface area (Å²) in [5.41, 5.74) is 0.716. The van der Waals surface area contributed by atoms with Gasteiger partial charge in [-0.1, -0.05) is 24.3 Å². The zero-order valence-electron chi connectivity index (χ0n) is 12.6. The molecule has 2 saturated heterocycles. The highest BCUT2D eigenvalue weighted by Gasteiger charge is 2.42. The molecule has 2 atom stereocenters. The van der Waals surface area contributed by atoms with E-state index in [0.29, 0.717) is 12.2 Å². The van der Waals surface area contributed by atoms with Crippen LogP contribution in [0.5, 0.6) is 0 Å². The molecule has 6 nitrogen and oxygen atoms in total. The van der Waals surface area contributed by atoms with E-state index in [1.807, 2.05) is 29.2 Å². The predicted octanol–water partition coefficient (Wildman–Crippen LogP) is 1.73. The molecule has 23 heavy (non-hydrogen) atoms. The largest absolute Gasteiger partial charge is 0.326 e. The smallest absolute Gasteiger partial charge is 0.317 e. The average molecular weight is 307 g/mol. The number of benzene rings is 1. The van der Waals surface area contributed by atoms with Crippen molar-refractivity contribution < 1.29 is 4.79 Å². The van der Waals surface area contributed by atoms with Crippen LogP contribution < -0.4 is 10.2 Å². The van der Waals surface area contributed by atoms with Crippen molar-refractivity contribution in [2.75, 3.05) is 24.5 Å². The van der Waals surface area contributed by atoms with Crippen LogP contribution in [-0.2, 0) is 0 Å². The number of carbonyl (C=O) groups excluding carboxylic acids is 1. The predicted molar refractivity (Wildman–Crippen MR) is 87.0 cm³/mol. The lowest BCUT2D eigenvalue weighted by Crippen LogP contribution is -2.40. The maximum Gasteiger partial charge on any atom is 0.326 e. The molecule has 2 fully saturated rings. The molecule has 0 bridgehead atoms. The van der Waals surface area contributed by atoms with Crippen molar-refractivity contribution in [3.63, 3.8) is 0 Å². The Morgan fingerprint density at radius 3 is 2.96 bits per heavy atom. The molecule has 3 heterocycles. The molecule has 6 heteroatoms. The highest BCUT2D eigenvalue weighted by atomic mass is 16.2. The van der Waals surface area contributed by atoms with Gasteiger partial charge >= 0.3 is 6.03 Å². The number of carbonyl (C=O) groups is 1. The molecular formula is C17H17N5O. The van der Waals surface area contributed by atoms with E-state index in [0.717, 1.165) is 30.3 Å². The van der Waals surface area contributed by atoms with E-state index in [-0.39, 0.29) is 12.1 Å². The normalized spacial score (nSPS) is 24.4. The first-order chi connectivity index (χ1) is 11.3. The minimum absolute atomic E-state index is 0.0941. The fourth-order valence-electron chi connectivity index (χ4n) is 3.49. The third kappa shape index (κ3) is 2.21. The first-order valence-corrected chi connectivity index (χ1v) is 7.82. The number of aromatic nitrogens is 1. The third-order valence-corrected chi connectivity index (χ3v) is 4.66. The second-order valence-corrected chi connectivity index (χ2v) is 5.98. The summed E-state index contributed by atoms with van der Waals surface area (Å²) in [6.07, 6.45) is 4.39. The van der Waals surface area contributed by atoms with Crippen LogP contribution in [0, 0.1) is 11.3 Å². The summed E-state index contributed by atoms with van der Waals surface area (Å²) in [4.78, 5) is 20.6. The van der Waals surface area contributed by atoms with Gasteiger partial charge in [-0.05, 0) is 13.0 Å². The van der Waals surface area contributed by atoms with Crippen LogP contribution >= 0.6 is 0 Å². The molecule has 2 aliphatic rings. The van der Waals surface area contributed by atoms with Crippen LogP contribution in [0.25, 0.3) is 10.8 Å². The van der Waals surface area contributed by atoms with Crippen LogP contribution in [0.3, 0.4) is 0 Å². The van der Waals surface area contributed by atoms with Crippen molar-refractivity contribution in [2.45, 2.75) is 18.5 Å². The fourth-order valence-corrected chi connectivity index (χ4v) is 3.49. The van der Waals surface area contributed by atoms with E-state index in [1.165, 1.54) is 0 Å². The number of nitriles is 1. The molecule has 0 aliphatic carbocycles. The maximum atomic E-state index is 13.0. The first kappa shape index (κ1) is 14.0. The van der Waals surface area contributed by atoms with Crippen LogP contribution in [0.15, 0.2) is 36.7 Å². The summed E-state index contributed by atoms with van der Waals surface area (Å²) in [5, 5.41) is 14.7. The van der Waals surface area contributed by atoms with Crippen molar-refractivity contribution in [1.29, 1.82) is 5.26 Å². The summed E-state index contributed by atoms with van der Waals surface area (Å²) in [5.74, 6) is 0. The number of rotatable bonds is 2. The first-order valence-electron chi connectivity index (χ1n) is 7.82. The zero-order valence-corrected chi connectivity index (χ0v) is 12.6. The molecular weight excluding hydrogens is 290 g/mol. The molecule has 0 radical (unpaired) electrons. The minimum atomic E-state index is -0.476. The zero-order chi connectivity index (χ0) is 15.8. The SMILES string of the molecule is N#CC1CN([C@@H]2CCNC2)C(=O)N1c1cncc2ccccc12. The average Bonchev–Trinajstić information content (AvgIpc) is 3.22. The molecule has 0 saturated carbocycles. The van der Waals surface area contributed by atoms with Crippen LogP contribution in [0.2, 0.25) is 0 Å². The van der Waals surface area contributed by atoms with Gasteiger partial charge in [-0.25, -0.2) is 4.79 Å². The maximum absolute atomic E-state index is 13.0. The Kier molecular flexibility index (Phi) is 3.36. The van der Waals surface area contributed by atoms with Crippen LogP contribution in [-0.4, -0.2) is 47.6 Å². The van der Waals surface area contributed by atoms with E-state index < -0.39 is 6.04 Å². The molecule has 1 aromatic carbocycles. The number of hydrogen-bond acceptors (Lipinski definition) is 4. The second-order valence-electron chi connectivity index (χ2n) is 5.98. The molecule has 2 aromatic rings. The summed E-state index contributed by atoms with van der Waals surface area (Å²) in [6.45, 7) is 2.16. The molecule has 4 rings (SSSR count). The van der Waals surface area contributed by atoms with Gasteiger partial charge in [0, 0.05) is 29.6 Å². The highest BCUT2D eigenvalue weighted by Crippen LogP contribution is 2.32. The molecule has 0 spiro atoms. The van der Waals surface area contributed by atoms with Crippen molar-refractivity contribution in [2.24, 2.45) is 0 Å². The lowest BCUT2D eigenvalue weighted by molar-refractivity contribution is 0.204. The van der Waals surface area contributed by atoms with Crippen LogP contribution in [0.4, 0.5) is 10.5 Å². The van der Waals surface area contributed by atoms with Crippen molar-refractivity contribution in [3.8, 4) is 6.07 Å². The standard InChI is InChI=1S/C17H17N5O/c18-7-14-11-21(13-5-6-19-9-13)17(23)22(14)16-10-20-8-12-3-1-2-4-15(12)16/h1-4,8,10,13-14,19H,5-6,9,11H2/t13-,14?/m1/s1. The number of nitrogens with one attached hydrogen (secondary N) is 1. The molecule has 116 valence electrons. The lowest BCUT2D eigenvalue weighted by atomic mass is 10.1. The van der Waals surface area contributed by atoms with Gasteiger partial charge < -0.3 is 10.2 Å². The number of pyridine rings is 1. The van der Waals surface area contributed by atoms with Gasteiger partial charge in [0.05, 0.1) is 24.5 Å². The van der Waals surface area contributed by atoms with E-state index in [2.05, 4.69) is 16.4 Å². The Morgan fingerprint density at radius 2 is 2.17 bits per heavy atom. The minimum Gasteiger partial charge on any atom is -0.317 e. The number of urea groups is 1. The summed E-state index contributed by atoms with van der Waals surface area (Å²) >= 11 is 0. The Morgan fingerprint density at radius 1 is 1.30 bits per heavy atom. The van der Waals surface area contributed by atoms with E-state index in [9.17, 15) is 10.1 Å². The molecule has 1 unspecified atom stereocenters. The van der Waals surface area contributed by atoms with Gasteiger partial charge in [-0.2, -0.15) is 5.26 Å². The highest BCUT2D eigenvalue weighted by molar-refractivity contribution is 6.04. The van der Waals surface area contributed by atoms with E-state index in [4.69, 9.17) is 0 Å². The van der Waals surface area contributed by atoms with Crippen molar-refractivity contribution in [1.82, 2.24) is 15.2 Å². The van der Waals surface area contributed by atoms with Gasteiger partial charge in [0.25, 0.3) is 0 Å². The van der Waals surface area contributed by atoms with Gasteiger partial charge in [0.15, 0.2) is 0 Å². The van der Waals surface area contributed by atoms with Crippen LogP contribution in [0.1, 0.15) is 6.42 Å². The Bertz CT molecular complexity index is 788.